The maximum Gasteiger partial charge on any atom is 0.0682 e. The monoisotopic (exact) mass is 566 g/mol. The molecule has 0 aliphatic carbocycles. The molecule has 1 N–H and O–H groups in total. The van der Waals surface area contributed by atoms with Gasteiger partial charge in [-0.05, 0) is 77.4 Å². The van der Waals surface area contributed by atoms with Crippen LogP contribution in [-0.2, 0) is 6.61 Å². The Balaban J connectivity index is 1.64. The lowest BCUT2D eigenvalue weighted by Gasteiger charge is -2.27. The van der Waals surface area contributed by atoms with Gasteiger partial charge >= 0.3 is 0 Å². The van der Waals surface area contributed by atoms with E-state index in [0.717, 1.165) is 5.56 Å². The Morgan fingerprint density at radius 1 is 0.439 bits per heavy atom. The van der Waals surface area contributed by atoms with Crippen molar-refractivity contribution in [2.45, 2.75) is 13.5 Å². The van der Waals surface area contributed by atoms with Gasteiger partial charge in [-0.1, -0.05) is 157 Å². The van der Waals surface area contributed by atoms with E-state index in [-0.39, 0.29) is 6.61 Å². The molecule has 3 heteroatoms. The van der Waals surface area contributed by atoms with Gasteiger partial charge in [0.15, 0.2) is 0 Å². The van der Waals surface area contributed by atoms with Crippen LogP contribution < -0.4 is 31.8 Å². The second kappa shape index (κ2) is 12.8. The molecule has 0 saturated heterocycles. The van der Waals surface area contributed by atoms with E-state index in [9.17, 15) is 5.11 Å². The van der Waals surface area contributed by atoms with Gasteiger partial charge in [0.25, 0.3) is 0 Å². The molecule has 6 aromatic carbocycles. The van der Waals surface area contributed by atoms with Crippen LogP contribution in [0.1, 0.15) is 11.1 Å². The van der Waals surface area contributed by atoms with Crippen molar-refractivity contribution in [1.82, 2.24) is 0 Å². The molecule has 0 amide bonds. The minimum absolute atomic E-state index is 0.00909. The Bertz CT molecular complexity index is 1640. The summed E-state index contributed by atoms with van der Waals surface area (Å²) >= 11 is 0. The topological polar surface area (TPSA) is 20.2 Å². The van der Waals surface area contributed by atoms with Gasteiger partial charge < -0.3 is 5.11 Å². The summed E-state index contributed by atoms with van der Waals surface area (Å²) in [6, 6.07) is 57.0. The first-order chi connectivity index (χ1) is 20.2. The lowest BCUT2D eigenvalue weighted by molar-refractivity contribution is 0.282. The molecule has 0 fully saturated rings. The molecule has 0 spiro atoms. The Morgan fingerprint density at radius 2 is 0.805 bits per heavy atom. The van der Waals surface area contributed by atoms with E-state index in [0.29, 0.717) is 0 Å². The highest BCUT2D eigenvalue weighted by atomic mass is 31.1. The number of hydrogen-bond donors (Lipinski definition) is 1. The molecule has 0 saturated carbocycles. The minimum Gasteiger partial charge on any atom is -0.392 e. The second-order valence-electron chi connectivity index (χ2n) is 10.0. The van der Waals surface area contributed by atoms with Crippen molar-refractivity contribution in [3.63, 3.8) is 0 Å². The summed E-state index contributed by atoms with van der Waals surface area (Å²) < 4.78 is 0. The fourth-order valence-electron chi connectivity index (χ4n) is 5.32. The SMILES string of the molecule is Cc1ccc(P(c2ccccc2)c2ccccc2)c(-c2cc(CO)ccc2P(c2ccccc2)c2ccccc2)c1. The largest absolute Gasteiger partial charge is 0.392 e. The van der Waals surface area contributed by atoms with Crippen molar-refractivity contribution in [1.29, 1.82) is 0 Å². The summed E-state index contributed by atoms with van der Waals surface area (Å²) in [5.41, 5.74) is 4.60. The van der Waals surface area contributed by atoms with Gasteiger partial charge in [0.2, 0.25) is 0 Å². The summed E-state index contributed by atoms with van der Waals surface area (Å²) in [5, 5.41) is 18.2. The highest BCUT2D eigenvalue weighted by molar-refractivity contribution is 7.80. The highest BCUT2D eigenvalue weighted by Gasteiger charge is 2.25. The molecule has 0 bridgehead atoms. The zero-order valence-corrected chi connectivity index (χ0v) is 24.8. The van der Waals surface area contributed by atoms with Crippen LogP contribution in [0.5, 0.6) is 0 Å². The van der Waals surface area contributed by atoms with E-state index >= 15 is 0 Å². The molecule has 0 radical (unpaired) electrons. The lowest BCUT2D eigenvalue weighted by Crippen LogP contribution is -2.26. The molecular weight excluding hydrogens is 534 g/mol. The smallest absolute Gasteiger partial charge is 0.0682 e. The summed E-state index contributed by atoms with van der Waals surface area (Å²) in [6.07, 6.45) is 0. The number of hydrogen-bond acceptors (Lipinski definition) is 1. The van der Waals surface area contributed by atoms with Crippen molar-refractivity contribution in [2.24, 2.45) is 0 Å². The molecule has 6 aromatic rings. The fourth-order valence-corrected chi connectivity index (χ4v) is 10.2. The fraction of sp³-hybridized carbons (Fsp3) is 0.0526. The Hall–Kier alpha value is -3.86. The standard InChI is InChI=1S/C38H32OP2/c1-29-22-24-37(40(31-14-6-2-7-15-31)32-16-8-3-9-17-32)35(26-29)36-27-30(28-39)23-25-38(36)41(33-18-10-4-11-19-33)34-20-12-5-13-21-34/h2-27,39H,28H2,1H3. The molecule has 6 rings (SSSR count). The summed E-state index contributed by atoms with van der Waals surface area (Å²) in [4.78, 5) is 0. The predicted molar refractivity (Wildman–Crippen MR) is 180 cm³/mol. The molecule has 0 atom stereocenters. The molecule has 0 heterocycles. The molecular formula is C38H32OP2. The predicted octanol–water partition coefficient (Wildman–Crippen LogP) is 6.67. The van der Waals surface area contributed by atoms with Gasteiger partial charge in [-0.2, -0.15) is 0 Å². The van der Waals surface area contributed by atoms with Crippen LogP contribution in [-0.4, -0.2) is 5.11 Å². The third-order valence-electron chi connectivity index (χ3n) is 7.23. The Labute approximate surface area is 245 Å². The zero-order valence-electron chi connectivity index (χ0n) is 23.1. The van der Waals surface area contributed by atoms with Crippen molar-refractivity contribution >= 4 is 47.7 Å². The Kier molecular flexibility index (Phi) is 8.50. The number of rotatable bonds is 8. The van der Waals surface area contributed by atoms with Crippen LogP contribution in [0.3, 0.4) is 0 Å². The quantitative estimate of drug-likeness (QED) is 0.204. The zero-order chi connectivity index (χ0) is 28.0. The van der Waals surface area contributed by atoms with E-state index in [2.05, 4.69) is 165 Å². The third kappa shape index (κ3) is 5.95. The van der Waals surface area contributed by atoms with E-state index in [1.165, 1.54) is 48.5 Å². The first-order valence-corrected chi connectivity index (χ1v) is 16.6. The Morgan fingerprint density at radius 3 is 1.20 bits per heavy atom. The highest BCUT2D eigenvalue weighted by Crippen LogP contribution is 2.41. The summed E-state index contributed by atoms with van der Waals surface area (Å²) in [6.45, 7) is 2.18. The van der Waals surface area contributed by atoms with Crippen LogP contribution in [0.15, 0.2) is 158 Å². The first-order valence-electron chi connectivity index (χ1n) is 13.9. The van der Waals surface area contributed by atoms with Crippen LogP contribution >= 0.6 is 15.8 Å². The van der Waals surface area contributed by atoms with Gasteiger partial charge in [0.05, 0.1) is 6.61 Å². The number of aliphatic hydroxyl groups excluding tert-OH is 1. The van der Waals surface area contributed by atoms with Crippen molar-refractivity contribution in [3.8, 4) is 11.1 Å². The molecule has 41 heavy (non-hydrogen) atoms. The van der Waals surface area contributed by atoms with E-state index < -0.39 is 15.8 Å². The van der Waals surface area contributed by atoms with E-state index in [1.54, 1.807) is 0 Å². The number of benzene rings is 6. The van der Waals surface area contributed by atoms with Crippen LogP contribution in [0.4, 0.5) is 0 Å². The van der Waals surface area contributed by atoms with Crippen molar-refractivity contribution < 1.29 is 5.11 Å². The molecule has 0 unspecified atom stereocenters. The van der Waals surface area contributed by atoms with Gasteiger partial charge in [0.1, 0.15) is 0 Å². The van der Waals surface area contributed by atoms with E-state index in [4.69, 9.17) is 0 Å². The average molecular weight is 567 g/mol. The molecule has 0 aromatic heterocycles. The van der Waals surface area contributed by atoms with Gasteiger partial charge in [-0.15, -0.1) is 0 Å². The maximum absolute atomic E-state index is 10.3. The van der Waals surface area contributed by atoms with Gasteiger partial charge in [0, 0.05) is 0 Å². The normalized spacial score (nSPS) is 11.2. The third-order valence-corrected chi connectivity index (χ3v) is 12.2. The van der Waals surface area contributed by atoms with Crippen LogP contribution in [0.25, 0.3) is 11.1 Å². The van der Waals surface area contributed by atoms with Gasteiger partial charge in [-0.25, -0.2) is 0 Å². The average Bonchev–Trinajstić information content (AvgIpc) is 3.04. The second-order valence-corrected chi connectivity index (χ2v) is 14.4. The van der Waals surface area contributed by atoms with Crippen molar-refractivity contribution in [3.05, 3.63) is 169 Å². The van der Waals surface area contributed by atoms with Gasteiger partial charge in [-0.3, -0.25) is 0 Å². The van der Waals surface area contributed by atoms with Crippen molar-refractivity contribution in [2.75, 3.05) is 0 Å². The lowest BCUT2D eigenvalue weighted by atomic mass is 10.0. The first kappa shape index (κ1) is 27.3. The minimum atomic E-state index is -0.832. The summed E-state index contributed by atoms with van der Waals surface area (Å²) in [7, 11) is -1.64. The summed E-state index contributed by atoms with van der Waals surface area (Å²) in [5.74, 6) is 0. The molecule has 200 valence electrons. The molecule has 1 nitrogen and oxygen atoms in total. The molecule has 0 aliphatic rings. The maximum atomic E-state index is 10.3. The number of aryl methyl sites for hydroxylation is 1. The molecule has 0 aliphatic heterocycles. The number of aliphatic hydroxyl groups is 1. The van der Waals surface area contributed by atoms with E-state index in [1.807, 2.05) is 0 Å². The van der Waals surface area contributed by atoms with Crippen LogP contribution in [0.2, 0.25) is 0 Å². The van der Waals surface area contributed by atoms with Crippen LogP contribution in [0, 0.1) is 6.92 Å².